The van der Waals surface area contributed by atoms with Crippen LogP contribution in [0.25, 0.3) is 0 Å². The summed E-state index contributed by atoms with van der Waals surface area (Å²) in [4.78, 5) is 16.0. The fraction of sp³-hybridized carbons (Fsp3) is 0.105. The Morgan fingerprint density at radius 3 is 2.41 bits per heavy atom. The molecule has 168 valence electrons. The lowest BCUT2D eigenvalue weighted by Gasteiger charge is -2.11. The number of alkyl halides is 3. The number of carbonyl (C=O) groups is 1. The summed E-state index contributed by atoms with van der Waals surface area (Å²) in [5, 5.41) is 10.1. The number of aliphatic imine (C=N–C) groups is 1. The van der Waals surface area contributed by atoms with Crippen molar-refractivity contribution in [3.63, 3.8) is 0 Å². The lowest BCUT2D eigenvalue weighted by molar-refractivity contribution is -0.141. The first kappa shape index (κ1) is 23.1. The minimum atomic E-state index is -4.69. The van der Waals surface area contributed by atoms with Crippen molar-refractivity contribution in [1.29, 1.82) is 0 Å². The summed E-state index contributed by atoms with van der Waals surface area (Å²) in [5.41, 5.74) is -1.12. The van der Waals surface area contributed by atoms with Crippen LogP contribution in [-0.4, -0.2) is 22.1 Å². The first-order valence-corrected chi connectivity index (χ1v) is 9.06. The third kappa shape index (κ3) is 5.78. The highest BCUT2D eigenvalue weighted by atomic mass is 35.5. The lowest BCUT2D eigenvalue weighted by atomic mass is 10.2. The zero-order valence-electron chi connectivity index (χ0n) is 15.7. The molecule has 6 nitrogen and oxygen atoms in total. The van der Waals surface area contributed by atoms with Gasteiger partial charge in [0.1, 0.15) is 11.5 Å². The molecule has 32 heavy (non-hydrogen) atoms. The van der Waals surface area contributed by atoms with E-state index in [1.165, 1.54) is 12.1 Å². The number of amides is 1. The Morgan fingerprint density at radius 2 is 1.78 bits per heavy atom. The molecule has 3 aromatic rings. The second-order valence-corrected chi connectivity index (χ2v) is 6.69. The van der Waals surface area contributed by atoms with Gasteiger partial charge in [0.2, 0.25) is 5.96 Å². The summed E-state index contributed by atoms with van der Waals surface area (Å²) in [6.07, 6.45) is -4.69. The van der Waals surface area contributed by atoms with Gasteiger partial charge in [-0.05, 0) is 35.9 Å². The zero-order valence-corrected chi connectivity index (χ0v) is 16.5. The molecule has 3 rings (SSSR count). The molecule has 13 heteroatoms. The number of rotatable bonds is 4. The number of halogens is 7. The maximum Gasteiger partial charge on any atom is 0.432 e. The van der Waals surface area contributed by atoms with Crippen LogP contribution in [0.4, 0.5) is 32.2 Å². The molecule has 1 aromatic heterocycles. The van der Waals surface area contributed by atoms with Gasteiger partial charge in [0.15, 0.2) is 17.5 Å². The molecule has 0 atom stereocenters. The molecule has 2 aromatic carbocycles. The van der Waals surface area contributed by atoms with E-state index in [0.717, 1.165) is 18.2 Å². The Morgan fingerprint density at radius 1 is 1.03 bits per heavy atom. The van der Waals surface area contributed by atoms with Gasteiger partial charge in [-0.25, -0.2) is 13.2 Å². The summed E-state index contributed by atoms with van der Waals surface area (Å²) < 4.78 is 78.4. The van der Waals surface area contributed by atoms with Crippen LogP contribution in [-0.2, 0) is 12.7 Å². The molecule has 0 spiro atoms. The highest BCUT2D eigenvalue weighted by Crippen LogP contribution is 2.28. The number of guanidine groups is 1. The SMILES string of the molecule is O=C(/N=C(/NCc1ccc(Cl)c(F)c1)Nc1cc(C(F)(F)F)[nH]n1)c1ccc(F)c(F)c1. The van der Waals surface area contributed by atoms with Gasteiger partial charge in [-0.3, -0.25) is 9.89 Å². The zero-order chi connectivity index (χ0) is 23.5. The van der Waals surface area contributed by atoms with Crippen LogP contribution in [0.5, 0.6) is 0 Å². The van der Waals surface area contributed by atoms with E-state index in [0.29, 0.717) is 17.7 Å². The van der Waals surface area contributed by atoms with E-state index < -0.39 is 35.2 Å². The minimum absolute atomic E-state index is 0.120. The van der Waals surface area contributed by atoms with E-state index in [2.05, 4.69) is 20.7 Å². The van der Waals surface area contributed by atoms with Gasteiger partial charge >= 0.3 is 6.18 Å². The Kier molecular flexibility index (Phi) is 6.72. The summed E-state index contributed by atoms with van der Waals surface area (Å²) in [6.45, 7) is -0.123. The van der Waals surface area contributed by atoms with Gasteiger partial charge in [-0.1, -0.05) is 17.7 Å². The second-order valence-electron chi connectivity index (χ2n) is 6.29. The fourth-order valence-corrected chi connectivity index (χ4v) is 2.51. The first-order chi connectivity index (χ1) is 15.0. The monoisotopic (exact) mass is 475 g/mol. The Hall–Kier alpha value is -3.54. The third-order valence-corrected chi connectivity index (χ3v) is 4.26. The van der Waals surface area contributed by atoms with Crippen molar-refractivity contribution in [2.24, 2.45) is 4.99 Å². The maximum atomic E-state index is 13.6. The fourth-order valence-electron chi connectivity index (χ4n) is 2.39. The lowest BCUT2D eigenvalue weighted by Crippen LogP contribution is -2.31. The standard InChI is InChI=1S/C19H12ClF6N5O/c20-11-3-1-9(5-13(11)22)8-27-18(28-16-7-15(30-31-16)19(24,25)26)29-17(32)10-2-4-12(21)14(23)6-10/h1-7H,8H2,(H3,27,28,29,30,31,32). The molecule has 0 aliphatic rings. The van der Waals surface area contributed by atoms with E-state index in [1.807, 2.05) is 0 Å². The highest BCUT2D eigenvalue weighted by Gasteiger charge is 2.33. The summed E-state index contributed by atoms with van der Waals surface area (Å²) >= 11 is 5.61. The van der Waals surface area contributed by atoms with Gasteiger partial charge in [-0.15, -0.1) is 0 Å². The second kappa shape index (κ2) is 9.30. The minimum Gasteiger partial charge on any atom is -0.352 e. The Balaban J connectivity index is 1.85. The van der Waals surface area contributed by atoms with Crippen LogP contribution in [0.1, 0.15) is 21.6 Å². The molecule has 0 bridgehead atoms. The summed E-state index contributed by atoms with van der Waals surface area (Å²) in [7, 11) is 0. The highest BCUT2D eigenvalue weighted by molar-refractivity contribution is 6.30. The number of hydrogen-bond donors (Lipinski definition) is 3. The van der Waals surface area contributed by atoms with E-state index in [1.54, 1.807) is 5.10 Å². The molecule has 3 N–H and O–H groups in total. The molecule has 0 fully saturated rings. The predicted molar refractivity (Wildman–Crippen MR) is 104 cm³/mol. The molecule has 1 heterocycles. The molecule has 0 saturated carbocycles. The number of aromatic nitrogens is 2. The van der Waals surface area contributed by atoms with Crippen molar-refractivity contribution in [3.8, 4) is 0 Å². The summed E-state index contributed by atoms with van der Waals surface area (Å²) in [5.74, 6) is -4.93. The number of H-pyrrole nitrogens is 1. The molecule has 0 aliphatic heterocycles. The van der Waals surface area contributed by atoms with Gasteiger partial charge < -0.3 is 10.6 Å². The van der Waals surface area contributed by atoms with Crippen molar-refractivity contribution < 1.29 is 31.1 Å². The van der Waals surface area contributed by atoms with Gasteiger partial charge in [0, 0.05) is 18.2 Å². The van der Waals surface area contributed by atoms with Crippen molar-refractivity contribution in [3.05, 3.63) is 81.8 Å². The Labute approximate surface area is 181 Å². The van der Waals surface area contributed by atoms with Crippen LogP contribution >= 0.6 is 11.6 Å². The van der Waals surface area contributed by atoms with Crippen LogP contribution in [0.2, 0.25) is 5.02 Å². The normalized spacial score (nSPS) is 12.0. The summed E-state index contributed by atoms with van der Waals surface area (Å²) in [6, 6.07) is 6.79. The van der Waals surface area contributed by atoms with E-state index in [9.17, 15) is 31.1 Å². The quantitative estimate of drug-likeness (QED) is 0.285. The molecule has 0 radical (unpaired) electrons. The maximum absolute atomic E-state index is 13.6. The van der Waals surface area contributed by atoms with Crippen molar-refractivity contribution in [1.82, 2.24) is 15.5 Å². The smallest absolute Gasteiger partial charge is 0.352 e. The average molecular weight is 476 g/mol. The molecular weight excluding hydrogens is 464 g/mol. The molecule has 0 aliphatic carbocycles. The van der Waals surface area contributed by atoms with E-state index in [-0.39, 0.29) is 28.9 Å². The van der Waals surface area contributed by atoms with Gasteiger partial charge in [0.05, 0.1) is 5.02 Å². The van der Waals surface area contributed by atoms with Crippen molar-refractivity contribution in [2.75, 3.05) is 5.32 Å². The number of benzene rings is 2. The van der Waals surface area contributed by atoms with Gasteiger partial charge in [-0.2, -0.15) is 23.3 Å². The van der Waals surface area contributed by atoms with Crippen LogP contribution < -0.4 is 10.6 Å². The Bertz CT molecular complexity index is 1180. The first-order valence-electron chi connectivity index (χ1n) is 8.68. The average Bonchev–Trinajstić information content (AvgIpc) is 3.19. The number of nitrogens with one attached hydrogen (secondary N) is 3. The number of nitrogens with zero attached hydrogens (tertiary/aromatic N) is 2. The van der Waals surface area contributed by atoms with E-state index in [4.69, 9.17) is 11.6 Å². The van der Waals surface area contributed by atoms with Crippen LogP contribution in [0, 0.1) is 17.5 Å². The molecule has 0 saturated heterocycles. The molecule has 0 unspecified atom stereocenters. The number of aromatic amines is 1. The number of hydrogen-bond acceptors (Lipinski definition) is 2. The number of carbonyl (C=O) groups excluding carboxylic acids is 1. The van der Waals surface area contributed by atoms with Gasteiger partial charge in [0.25, 0.3) is 5.91 Å². The topological polar surface area (TPSA) is 82.2 Å². The molecular formula is C19H12ClF6N5O. The third-order valence-electron chi connectivity index (χ3n) is 3.95. The largest absolute Gasteiger partial charge is 0.432 e. The van der Waals surface area contributed by atoms with Crippen LogP contribution in [0.3, 0.4) is 0 Å². The number of anilines is 1. The van der Waals surface area contributed by atoms with Crippen LogP contribution in [0.15, 0.2) is 47.5 Å². The van der Waals surface area contributed by atoms with E-state index >= 15 is 0 Å². The molecule has 1 amide bonds. The van der Waals surface area contributed by atoms with Crippen molar-refractivity contribution >= 4 is 29.3 Å². The predicted octanol–water partition coefficient (Wildman–Crippen LogP) is 4.90. The van der Waals surface area contributed by atoms with Crippen molar-refractivity contribution in [2.45, 2.75) is 12.7 Å².